The van der Waals surface area contributed by atoms with Gasteiger partial charge in [0.1, 0.15) is 0 Å². The first-order chi connectivity index (χ1) is 4.40. The van der Waals surface area contributed by atoms with Gasteiger partial charge >= 0.3 is 0 Å². The van der Waals surface area contributed by atoms with Crippen LogP contribution in [0.2, 0.25) is 0 Å². The van der Waals surface area contributed by atoms with Crippen LogP contribution in [-0.2, 0) is 4.74 Å². The van der Waals surface area contributed by atoms with Gasteiger partial charge in [-0.15, -0.1) is 0 Å². The summed E-state index contributed by atoms with van der Waals surface area (Å²) >= 11 is 0. The predicted octanol–water partition coefficient (Wildman–Crippen LogP) is 1.19. The Hall–Kier alpha value is -0.440. The van der Waals surface area contributed by atoms with Gasteiger partial charge in [0.2, 0.25) is 0 Å². The summed E-state index contributed by atoms with van der Waals surface area (Å²) in [7, 11) is 0. The Morgan fingerprint density at radius 1 is 1.44 bits per heavy atom. The molecule has 3 nitrogen and oxygen atoms in total. The number of nitrogens with zero attached hydrogens (tertiary/aromatic N) is 1. The lowest BCUT2D eigenvalue weighted by molar-refractivity contribution is 0.0682. The maximum Gasteiger partial charge on any atom is 0.0781 e. The van der Waals surface area contributed by atoms with Crippen molar-refractivity contribution in [3.8, 4) is 0 Å². The minimum absolute atomic E-state index is 0.295. The van der Waals surface area contributed by atoms with E-state index in [1.54, 1.807) is 0 Å². The van der Waals surface area contributed by atoms with Crippen molar-refractivity contribution in [2.45, 2.75) is 25.0 Å². The summed E-state index contributed by atoms with van der Waals surface area (Å²) in [6, 6.07) is 0.295. The molecule has 1 saturated heterocycles. The molecular weight excluding hydrogens is 116 g/mol. The Balaban J connectivity index is 2.09. The predicted molar refractivity (Wildman–Crippen MR) is 31.4 cm³/mol. The minimum Gasteiger partial charge on any atom is -0.378 e. The molecule has 0 spiro atoms. The summed E-state index contributed by atoms with van der Waals surface area (Å²) in [5, 5.41) is 3.54. The van der Waals surface area contributed by atoms with Crippen LogP contribution in [0.1, 0.15) is 12.8 Å². The molecule has 0 amide bonds. The Bertz CT molecular complexity index is 137. The standard InChI is InChI=1S/C6H10N2O/c7-8-6-2-5-1-4(6)3-9-5/h4-7H,1-3H2. The van der Waals surface area contributed by atoms with Crippen LogP contribution in [0, 0.1) is 11.4 Å². The van der Waals surface area contributed by atoms with Crippen LogP contribution in [0.3, 0.4) is 0 Å². The molecule has 2 rings (SSSR count). The number of hydrogen-bond donors (Lipinski definition) is 1. The first kappa shape index (κ1) is 5.35. The highest BCUT2D eigenvalue weighted by Gasteiger charge is 2.40. The fraction of sp³-hybridized carbons (Fsp3) is 1.00. The van der Waals surface area contributed by atoms with Gasteiger partial charge in [-0.25, -0.2) is 5.53 Å². The van der Waals surface area contributed by atoms with E-state index in [4.69, 9.17) is 10.3 Å². The summed E-state index contributed by atoms with van der Waals surface area (Å²) in [5.41, 5.74) is 6.82. The first-order valence-corrected chi connectivity index (χ1v) is 3.38. The molecule has 1 aliphatic heterocycles. The molecule has 9 heavy (non-hydrogen) atoms. The van der Waals surface area contributed by atoms with E-state index in [0.717, 1.165) is 19.4 Å². The Kier molecular flexibility index (Phi) is 1.05. The average molecular weight is 126 g/mol. The third kappa shape index (κ3) is 0.678. The van der Waals surface area contributed by atoms with Crippen molar-refractivity contribution in [2.75, 3.05) is 6.61 Å². The molecule has 1 aliphatic carbocycles. The summed E-state index contributed by atoms with van der Waals surface area (Å²) in [6.07, 6.45) is 2.58. The van der Waals surface area contributed by atoms with Crippen LogP contribution in [-0.4, -0.2) is 18.8 Å². The van der Waals surface area contributed by atoms with Gasteiger partial charge in [0.05, 0.1) is 18.8 Å². The lowest BCUT2D eigenvalue weighted by atomic mass is 10.1. The first-order valence-electron chi connectivity index (χ1n) is 3.38. The lowest BCUT2D eigenvalue weighted by Crippen LogP contribution is -2.20. The molecule has 2 aliphatic rings. The molecule has 0 aromatic rings. The van der Waals surface area contributed by atoms with Crippen LogP contribution in [0.5, 0.6) is 0 Å². The second kappa shape index (κ2) is 1.77. The highest BCUT2D eigenvalue weighted by molar-refractivity contribution is 4.92. The highest BCUT2D eigenvalue weighted by atomic mass is 16.5. The summed E-state index contributed by atoms with van der Waals surface area (Å²) in [4.78, 5) is 0. The van der Waals surface area contributed by atoms with Gasteiger partial charge in [-0.2, -0.15) is 5.11 Å². The second-order valence-corrected chi connectivity index (χ2v) is 2.88. The molecule has 3 unspecified atom stereocenters. The number of hydrogen-bond acceptors (Lipinski definition) is 3. The number of ether oxygens (including phenoxy) is 1. The van der Waals surface area contributed by atoms with Crippen LogP contribution in [0.15, 0.2) is 5.11 Å². The van der Waals surface area contributed by atoms with Crippen LogP contribution >= 0.6 is 0 Å². The monoisotopic (exact) mass is 126 g/mol. The topological polar surface area (TPSA) is 45.4 Å². The van der Waals surface area contributed by atoms with Crippen LogP contribution < -0.4 is 0 Å². The summed E-state index contributed by atoms with van der Waals surface area (Å²) < 4.78 is 5.34. The number of rotatable bonds is 1. The van der Waals surface area contributed by atoms with Gasteiger partial charge in [-0.1, -0.05) is 0 Å². The fourth-order valence-corrected chi connectivity index (χ4v) is 1.79. The molecular formula is C6H10N2O. The van der Waals surface area contributed by atoms with Crippen LogP contribution in [0.25, 0.3) is 0 Å². The average Bonchev–Trinajstić information content (AvgIpc) is 2.45. The van der Waals surface area contributed by atoms with Crippen molar-refractivity contribution in [1.82, 2.24) is 0 Å². The van der Waals surface area contributed by atoms with Gasteiger partial charge in [0.25, 0.3) is 0 Å². The molecule has 0 aromatic carbocycles. The van der Waals surface area contributed by atoms with E-state index in [9.17, 15) is 0 Å². The largest absolute Gasteiger partial charge is 0.378 e. The maximum absolute atomic E-state index is 6.82. The van der Waals surface area contributed by atoms with Crippen molar-refractivity contribution in [3.05, 3.63) is 0 Å². The third-order valence-electron chi connectivity index (χ3n) is 2.33. The van der Waals surface area contributed by atoms with Crippen molar-refractivity contribution in [3.63, 3.8) is 0 Å². The zero-order valence-electron chi connectivity index (χ0n) is 5.21. The Morgan fingerprint density at radius 3 is 2.67 bits per heavy atom. The molecule has 3 heteroatoms. The SMILES string of the molecule is N=NC1CC2CC1CO2. The zero-order valence-corrected chi connectivity index (χ0v) is 5.21. The van der Waals surface area contributed by atoms with E-state index >= 15 is 0 Å². The van der Waals surface area contributed by atoms with Gasteiger partial charge in [-0.3, -0.25) is 0 Å². The van der Waals surface area contributed by atoms with E-state index in [0.29, 0.717) is 18.1 Å². The molecule has 2 fully saturated rings. The smallest absolute Gasteiger partial charge is 0.0781 e. The molecule has 0 aromatic heterocycles. The van der Waals surface area contributed by atoms with Gasteiger partial charge < -0.3 is 4.74 Å². The number of fused-ring (bicyclic) bond motifs is 2. The molecule has 1 N–H and O–H groups in total. The fourth-order valence-electron chi connectivity index (χ4n) is 1.79. The van der Waals surface area contributed by atoms with E-state index in [1.165, 1.54) is 0 Å². The second-order valence-electron chi connectivity index (χ2n) is 2.88. The highest BCUT2D eigenvalue weighted by Crippen LogP contribution is 2.36. The molecule has 50 valence electrons. The quantitative estimate of drug-likeness (QED) is 0.527. The normalized spacial score (nSPS) is 47.8. The van der Waals surface area contributed by atoms with Crippen molar-refractivity contribution < 1.29 is 4.74 Å². The Morgan fingerprint density at radius 2 is 2.33 bits per heavy atom. The third-order valence-corrected chi connectivity index (χ3v) is 2.33. The summed E-state index contributed by atoms with van der Waals surface area (Å²) in [5.74, 6) is 0.576. The van der Waals surface area contributed by atoms with E-state index in [-0.39, 0.29) is 0 Å². The van der Waals surface area contributed by atoms with E-state index in [2.05, 4.69) is 5.11 Å². The van der Waals surface area contributed by atoms with Gasteiger partial charge in [-0.05, 0) is 12.8 Å². The molecule has 1 saturated carbocycles. The van der Waals surface area contributed by atoms with Crippen molar-refractivity contribution >= 4 is 0 Å². The van der Waals surface area contributed by atoms with Crippen molar-refractivity contribution in [2.24, 2.45) is 11.0 Å². The van der Waals surface area contributed by atoms with Crippen LogP contribution in [0.4, 0.5) is 0 Å². The lowest BCUT2D eigenvalue weighted by Gasteiger charge is -2.15. The number of nitrogens with one attached hydrogen (secondary N) is 1. The molecule has 3 atom stereocenters. The molecule has 0 radical (unpaired) electrons. The van der Waals surface area contributed by atoms with Gasteiger partial charge in [0.15, 0.2) is 0 Å². The Labute approximate surface area is 53.9 Å². The maximum atomic E-state index is 6.82. The molecule has 2 bridgehead atoms. The van der Waals surface area contributed by atoms with E-state index in [1.807, 2.05) is 0 Å². The van der Waals surface area contributed by atoms with E-state index < -0.39 is 0 Å². The summed E-state index contributed by atoms with van der Waals surface area (Å²) in [6.45, 7) is 0.845. The van der Waals surface area contributed by atoms with Crippen molar-refractivity contribution in [1.29, 1.82) is 5.53 Å². The van der Waals surface area contributed by atoms with Gasteiger partial charge in [0, 0.05) is 5.92 Å². The minimum atomic E-state index is 0.295. The molecule has 1 heterocycles. The zero-order chi connectivity index (χ0) is 6.27.